The fourth-order valence-electron chi connectivity index (χ4n) is 1.67. The number of carbonyl (C=O) groups is 1. The number of nitro groups is 1. The first-order valence-corrected chi connectivity index (χ1v) is 11.2. The van der Waals surface area contributed by atoms with Crippen LogP contribution in [0.15, 0.2) is 24.3 Å². The number of hydrogen-bond donors (Lipinski definition) is 0. The van der Waals surface area contributed by atoms with Crippen molar-refractivity contribution in [2.45, 2.75) is 51.7 Å². The zero-order valence-corrected chi connectivity index (χ0v) is 16.5. The molecule has 0 radical (unpaired) electrons. The molecule has 0 fully saturated rings. The molecule has 0 amide bonds. The number of nitrogens with zero attached hydrogens (tertiary/aromatic N) is 1. The molecule has 0 atom stereocenters. The second kappa shape index (κ2) is 8.96. The molecule has 0 heterocycles. The lowest BCUT2D eigenvalue weighted by molar-refractivity contribution is -0.384. The van der Waals surface area contributed by atoms with E-state index < -0.39 is 19.4 Å². The maximum atomic E-state index is 11.6. The summed E-state index contributed by atoms with van der Waals surface area (Å²) >= 11 is 0. The van der Waals surface area contributed by atoms with Crippen LogP contribution in [0.1, 0.15) is 33.6 Å². The number of rotatable bonds is 8. The molecular weight excluding hydrogens is 342 g/mol. The van der Waals surface area contributed by atoms with Crippen LogP contribution in [0.3, 0.4) is 0 Å². The van der Waals surface area contributed by atoms with Gasteiger partial charge in [0.15, 0.2) is 8.32 Å². The lowest BCUT2D eigenvalue weighted by Gasteiger charge is -2.36. The third kappa shape index (κ3) is 7.23. The summed E-state index contributed by atoms with van der Waals surface area (Å²) in [5.41, 5.74) is -0.0672. The first kappa shape index (κ1) is 21.1. The zero-order valence-electron chi connectivity index (χ0n) is 15.5. The normalized spacial score (nSPS) is 11.9. The summed E-state index contributed by atoms with van der Waals surface area (Å²) in [6.07, 6.45) is 0.667. The second-order valence-corrected chi connectivity index (χ2v) is 12.1. The van der Waals surface area contributed by atoms with Gasteiger partial charge in [-0.1, -0.05) is 20.8 Å². The van der Waals surface area contributed by atoms with Crippen LogP contribution in [0.25, 0.3) is 0 Å². The lowest BCUT2D eigenvalue weighted by Crippen LogP contribution is -2.41. The molecule has 0 aliphatic rings. The molecule has 25 heavy (non-hydrogen) atoms. The van der Waals surface area contributed by atoms with E-state index in [9.17, 15) is 14.9 Å². The molecule has 140 valence electrons. The molecule has 0 aromatic heterocycles. The van der Waals surface area contributed by atoms with E-state index in [1.807, 2.05) is 0 Å². The quantitative estimate of drug-likeness (QED) is 0.161. The zero-order chi connectivity index (χ0) is 19.1. The molecular formula is C17H27NO6Si. The minimum absolute atomic E-state index is 0.0672. The second-order valence-electron chi connectivity index (χ2n) is 7.27. The summed E-state index contributed by atoms with van der Waals surface area (Å²) in [4.78, 5) is 21.6. The van der Waals surface area contributed by atoms with Gasteiger partial charge in [-0.05, 0) is 43.1 Å². The molecule has 8 heteroatoms. The Labute approximate surface area is 149 Å². The Hall–Kier alpha value is -1.93. The van der Waals surface area contributed by atoms with Gasteiger partial charge in [-0.2, -0.15) is 0 Å². The molecule has 1 rings (SSSR count). The highest BCUT2D eigenvalue weighted by Gasteiger charge is 2.36. The van der Waals surface area contributed by atoms with E-state index in [4.69, 9.17) is 13.9 Å². The van der Waals surface area contributed by atoms with E-state index in [0.717, 1.165) is 6.42 Å². The third-order valence-electron chi connectivity index (χ3n) is 4.28. The number of hydrogen-bond acceptors (Lipinski definition) is 6. The molecule has 0 saturated carbocycles. The van der Waals surface area contributed by atoms with Crippen molar-refractivity contribution in [3.8, 4) is 5.75 Å². The van der Waals surface area contributed by atoms with E-state index in [0.29, 0.717) is 13.0 Å². The van der Waals surface area contributed by atoms with Gasteiger partial charge < -0.3 is 13.9 Å². The molecule has 0 saturated heterocycles. The number of unbranched alkanes of at least 4 members (excludes halogenated alkanes) is 1. The fourth-order valence-corrected chi connectivity index (χ4v) is 2.75. The monoisotopic (exact) mass is 369 g/mol. The lowest BCUT2D eigenvalue weighted by atomic mass is 10.2. The van der Waals surface area contributed by atoms with Crippen molar-refractivity contribution in [3.05, 3.63) is 34.4 Å². The van der Waals surface area contributed by atoms with E-state index in [1.165, 1.54) is 24.3 Å². The predicted octanol–water partition coefficient (Wildman–Crippen LogP) is 4.91. The number of benzene rings is 1. The minimum atomic E-state index is -1.73. The molecule has 0 N–H and O–H groups in total. The van der Waals surface area contributed by atoms with Crippen molar-refractivity contribution >= 4 is 20.2 Å². The largest absolute Gasteiger partial charge is 0.513 e. The van der Waals surface area contributed by atoms with Crippen molar-refractivity contribution in [3.63, 3.8) is 0 Å². The standard InChI is InChI=1S/C17H27NO6Si/c1-17(2,3)25(4,5)23-13-7-6-12-22-16(19)24-15-10-8-14(9-11-15)18(20)21/h8-11H,6-7,12-13H2,1-5H3. The maximum absolute atomic E-state index is 11.6. The van der Waals surface area contributed by atoms with Gasteiger partial charge in [0.1, 0.15) is 5.75 Å². The number of non-ortho nitro benzene ring substituents is 1. The van der Waals surface area contributed by atoms with Crippen LogP contribution in [-0.4, -0.2) is 32.6 Å². The van der Waals surface area contributed by atoms with Gasteiger partial charge in [-0.25, -0.2) is 4.79 Å². The first-order valence-electron chi connectivity index (χ1n) is 8.26. The average molecular weight is 369 g/mol. The molecule has 0 unspecified atom stereocenters. The first-order chi connectivity index (χ1) is 11.5. The van der Waals surface area contributed by atoms with E-state index in [-0.39, 0.29) is 23.1 Å². The van der Waals surface area contributed by atoms with Crippen molar-refractivity contribution in [1.82, 2.24) is 0 Å². The maximum Gasteiger partial charge on any atom is 0.513 e. The van der Waals surface area contributed by atoms with Gasteiger partial charge >= 0.3 is 6.16 Å². The fraction of sp³-hybridized carbons (Fsp3) is 0.588. The van der Waals surface area contributed by atoms with Crippen LogP contribution < -0.4 is 4.74 Å². The highest BCUT2D eigenvalue weighted by atomic mass is 28.4. The van der Waals surface area contributed by atoms with Gasteiger partial charge in [0, 0.05) is 18.7 Å². The summed E-state index contributed by atoms with van der Waals surface area (Å²) in [6, 6.07) is 5.24. The van der Waals surface area contributed by atoms with E-state index in [2.05, 4.69) is 33.9 Å². The molecule has 1 aromatic carbocycles. The average Bonchev–Trinajstić information content (AvgIpc) is 2.50. The molecule has 7 nitrogen and oxygen atoms in total. The number of carbonyl (C=O) groups excluding carboxylic acids is 1. The Kier molecular flexibility index (Phi) is 7.56. The van der Waals surface area contributed by atoms with Gasteiger partial charge in [-0.15, -0.1) is 0 Å². The van der Waals surface area contributed by atoms with Gasteiger partial charge in [0.2, 0.25) is 0 Å². The highest BCUT2D eigenvalue weighted by Crippen LogP contribution is 2.36. The Morgan fingerprint density at radius 3 is 2.20 bits per heavy atom. The number of ether oxygens (including phenoxy) is 2. The van der Waals surface area contributed by atoms with Crippen LogP contribution in [0, 0.1) is 10.1 Å². The van der Waals surface area contributed by atoms with Gasteiger partial charge in [-0.3, -0.25) is 10.1 Å². The topological polar surface area (TPSA) is 87.9 Å². The van der Waals surface area contributed by atoms with Crippen molar-refractivity contribution in [1.29, 1.82) is 0 Å². The predicted molar refractivity (Wildman–Crippen MR) is 97.5 cm³/mol. The third-order valence-corrected chi connectivity index (χ3v) is 8.81. The Morgan fingerprint density at radius 1 is 1.12 bits per heavy atom. The van der Waals surface area contributed by atoms with Gasteiger partial charge in [0.05, 0.1) is 11.5 Å². The van der Waals surface area contributed by atoms with E-state index >= 15 is 0 Å². The van der Waals surface area contributed by atoms with Crippen LogP contribution in [0.5, 0.6) is 5.75 Å². The summed E-state index contributed by atoms with van der Waals surface area (Å²) < 4.78 is 16.0. The van der Waals surface area contributed by atoms with Gasteiger partial charge in [0.25, 0.3) is 5.69 Å². The smallest absolute Gasteiger partial charge is 0.434 e. The summed E-state index contributed by atoms with van der Waals surface area (Å²) in [5.74, 6) is 0.205. The summed E-state index contributed by atoms with van der Waals surface area (Å²) in [6.45, 7) is 11.9. The molecule has 0 spiro atoms. The molecule has 1 aromatic rings. The Morgan fingerprint density at radius 2 is 1.68 bits per heavy atom. The van der Waals surface area contributed by atoms with Crippen molar-refractivity contribution in [2.24, 2.45) is 0 Å². The van der Waals surface area contributed by atoms with Crippen LogP contribution in [0.2, 0.25) is 18.1 Å². The molecule has 0 aliphatic carbocycles. The molecule has 0 aliphatic heterocycles. The van der Waals surface area contributed by atoms with E-state index in [1.54, 1.807) is 0 Å². The summed E-state index contributed by atoms with van der Waals surface area (Å²) in [5, 5.41) is 10.7. The summed E-state index contributed by atoms with van der Waals surface area (Å²) in [7, 11) is -1.73. The van der Waals surface area contributed by atoms with Crippen LogP contribution >= 0.6 is 0 Å². The Balaban J connectivity index is 2.22. The van der Waals surface area contributed by atoms with Crippen LogP contribution in [0.4, 0.5) is 10.5 Å². The van der Waals surface area contributed by atoms with Crippen LogP contribution in [-0.2, 0) is 9.16 Å². The Bertz CT molecular complexity index is 580. The molecule has 0 bridgehead atoms. The van der Waals surface area contributed by atoms with Crippen molar-refractivity contribution < 1.29 is 23.6 Å². The number of nitro benzene ring substituents is 1. The SMILES string of the molecule is CC(C)(C)[Si](C)(C)OCCCCOC(=O)Oc1ccc([N+](=O)[O-])cc1. The minimum Gasteiger partial charge on any atom is -0.434 e. The highest BCUT2D eigenvalue weighted by molar-refractivity contribution is 6.74. The van der Waals surface area contributed by atoms with Crippen molar-refractivity contribution in [2.75, 3.05) is 13.2 Å².